The average molecular weight is 348 g/mol. The van der Waals surface area contributed by atoms with Gasteiger partial charge in [0, 0.05) is 25.2 Å². The predicted octanol–water partition coefficient (Wildman–Crippen LogP) is 0.960. The summed E-state index contributed by atoms with van der Waals surface area (Å²) in [6.45, 7) is 11.8. The van der Waals surface area contributed by atoms with Gasteiger partial charge in [-0.15, -0.1) is 0 Å². The third-order valence-corrected chi connectivity index (χ3v) is 5.59. The molecule has 2 aliphatic rings. The fourth-order valence-corrected chi connectivity index (χ4v) is 4.10. The first-order chi connectivity index (χ1) is 12.0. The maximum atomic E-state index is 12.5. The summed E-state index contributed by atoms with van der Waals surface area (Å²) in [5, 5.41) is 7.72. The van der Waals surface area contributed by atoms with E-state index in [2.05, 4.69) is 32.1 Å². The zero-order valence-corrected chi connectivity index (χ0v) is 15.9. The van der Waals surface area contributed by atoms with Gasteiger partial charge in [0.1, 0.15) is 11.6 Å². The smallest absolute Gasteiger partial charge is 0.234 e. The van der Waals surface area contributed by atoms with E-state index < -0.39 is 0 Å². The van der Waals surface area contributed by atoms with Crippen molar-refractivity contribution in [3.05, 3.63) is 11.6 Å². The summed E-state index contributed by atoms with van der Waals surface area (Å²) in [6, 6.07) is 0.726. The number of piperidine rings is 1. The molecular formula is C18H32N6O. The number of carbonyl (C=O) groups excluding carboxylic acids is 1. The van der Waals surface area contributed by atoms with Crippen molar-refractivity contribution < 1.29 is 4.79 Å². The van der Waals surface area contributed by atoms with Gasteiger partial charge in [0.05, 0.1) is 13.1 Å². The van der Waals surface area contributed by atoms with Crippen LogP contribution >= 0.6 is 0 Å². The third-order valence-electron chi connectivity index (χ3n) is 5.59. The lowest BCUT2D eigenvalue weighted by atomic mass is 10.1. The van der Waals surface area contributed by atoms with E-state index in [0.29, 0.717) is 18.6 Å². The quantitative estimate of drug-likeness (QED) is 0.829. The highest BCUT2D eigenvalue weighted by Crippen LogP contribution is 2.19. The first-order valence-electron chi connectivity index (χ1n) is 9.69. The largest absolute Gasteiger partial charge is 0.352 e. The highest BCUT2D eigenvalue weighted by Gasteiger charge is 2.28. The Balaban J connectivity index is 1.48. The molecule has 25 heavy (non-hydrogen) atoms. The van der Waals surface area contributed by atoms with E-state index in [1.54, 1.807) is 0 Å². The van der Waals surface area contributed by atoms with E-state index in [1.165, 1.54) is 0 Å². The van der Waals surface area contributed by atoms with Crippen molar-refractivity contribution in [2.24, 2.45) is 0 Å². The first kappa shape index (κ1) is 18.3. The predicted molar refractivity (Wildman–Crippen MR) is 97.4 cm³/mol. The molecule has 2 saturated heterocycles. The Bertz CT molecular complexity index is 578. The second-order valence-corrected chi connectivity index (χ2v) is 7.43. The van der Waals surface area contributed by atoms with E-state index in [-0.39, 0.29) is 5.91 Å². The molecule has 0 aromatic carbocycles. The Hall–Kier alpha value is -1.47. The topological polar surface area (TPSA) is 66.3 Å². The number of amides is 1. The molecule has 0 saturated carbocycles. The summed E-state index contributed by atoms with van der Waals surface area (Å²) < 4.78 is 1.98. The van der Waals surface area contributed by atoms with E-state index in [0.717, 1.165) is 70.1 Å². The maximum Gasteiger partial charge on any atom is 0.234 e. The molecule has 0 spiro atoms. The number of carbonyl (C=O) groups is 1. The van der Waals surface area contributed by atoms with Gasteiger partial charge in [0.15, 0.2) is 0 Å². The molecule has 140 valence electrons. The zero-order chi connectivity index (χ0) is 17.8. The van der Waals surface area contributed by atoms with Crippen LogP contribution in [0.25, 0.3) is 0 Å². The van der Waals surface area contributed by atoms with Crippen LogP contribution in [0.3, 0.4) is 0 Å². The van der Waals surface area contributed by atoms with Crippen LogP contribution < -0.4 is 5.32 Å². The maximum absolute atomic E-state index is 12.5. The lowest BCUT2D eigenvalue weighted by Crippen LogP contribution is -2.48. The number of hydrogen-bond donors (Lipinski definition) is 1. The number of likely N-dealkylation sites (tertiary alicyclic amines) is 2. The van der Waals surface area contributed by atoms with E-state index >= 15 is 0 Å². The molecule has 1 N–H and O–H groups in total. The van der Waals surface area contributed by atoms with Crippen molar-refractivity contribution >= 4 is 5.91 Å². The summed E-state index contributed by atoms with van der Waals surface area (Å²) in [7, 11) is 0. The Kier molecular flexibility index (Phi) is 6.06. The van der Waals surface area contributed by atoms with Crippen LogP contribution in [0.15, 0.2) is 0 Å². The van der Waals surface area contributed by atoms with Gasteiger partial charge in [0.25, 0.3) is 0 Å². The standard InChI is InChI=1S/C18H32N6O/c1-4-22-10-7-16(8-11-22)20-18(25)13-23-9-5-6-17(23)12-24-15(3)19-14(2)21-24/h16-17H,4-13H2,1-3H3,(H,20,25). The molecule has 3 rings (SSSR count). The van der Waals surface area contributed by atoms with Gasteiger partial charge in [-0.2, -0.15) is 5.10 Å². The summed E-state index contributed by atoms with van der Waals surface area (Å²) in [6.07, 6.45) is 4.42. The number of hydrogen-bond acceptors (Lipinski definition) is 5. The summed E-state index contributed by atoms with van der Waals surface area (Å²) in [4.78, 5) is 21.6. The molecule has 1 unspecified atom stereocenters. The average Bonchev–Trinajstić information content (AvgIpc) is 3.14. The molecule has 0 aliphatic carbocycles. The molecule has 1 aromatic heterocycles. The van der Waals surface area contributed by atoms with E-state index in [9.17, 15) is 4.79 Å². The molecule has 7 heteroatoms. The number of aryl methyl sites for hydroxylation is 2. The van der Waals surface area contributed by atoms with Crippen LogP contribution in [0, 0.1) is 13.8 Å². The Morgan fingerprint density at radius 1 is 1.20 bits per heavy atom. The second-order valence-electron chi connectivity index (χ2n) is 7.43. The molecule has 0 bridgehead atoms. The molecule has 2 aliphatic heterocycles. The summed E-state index contributed by atoms with van der Waals surface area (Å²) in [5.41, 5.74) is 0. The van der Waals surface area contributed by atoms with Gasteiger partial charge in [-0.05, 0) is 52.6 Å². The number of nitrogens with zero attached hydrogens (tertiary/aromatic N) is 5. The Morgan fingerprint density at radius 2 is 1.96 bits per heavy atom. The van der Waals surface area contributed by atoms with E-state index in [4.69, 9.17) is 0 Å². The van der Waals surface area contributed by atoms with Crippen LogP contribution in [-0.4, -0.2) is 75.3 Å². The monoisotopic (exact) mass is 348 g/mol. The normalized spacial score (nSPS) is 23.2. The van der Waals surface area contributed by atoms with Crippen LogP contribution in [0.5, 0.6) is 0 Å². The minimum atomic E-state index is 0.174. The van der Waals surface area contributed by atoms with Gasteiger partial charge in [0.2, 0.25) is 5.91 Å². The van der Waals surface area contributed by atoms with Crippen LogP contribution in [-0.2, 0) is 11.3 Å². The number of rotatable bonds is 6. The lowest BCUT2D eigenvalue weighted by molar-refractivity contribution is -0.123. The van der Waals surface area contributed by atoms with Gasteiger partial charge < -0.3 is 10.2 Å². The van der Waals surface area contributed by atoms with Crippen molar-refractivity contribution in [3.8, 4) is 0 Å². The second kappa shape index (κ2) is 8.27. The molecular weight excluding hydrogens is 316 g/mol. The Labute approximate surface area is 150 Å². The van der Waals surface area contributed by atoms with Crippen molar-refractivity contribution in [1.29, 1.82) is 0 Å². The van der Waals surface area contributed by atoms with E-state index in [1.807, 2.05) is 18.5 Å². The number of aromatic nitrogens is 3. The molecule has 1 amide bonds. The fraction of sp³-hybridized carbons (Fsp3) is 0.833. The van der Waals surface area contributed by atoms with Gasteiger partial charge in [-0.3, -0.25) is 9.69 Å². The SMILES string of the molecule is CCN1CCC(NC(=O)CN2CCCC2Cn2nc(C)nc2C)CC1. The van der Waals surface area contributed by atoms with Crippen molar-refractivity contribution in [2.45, 2.75) is 65.1 Å². The molecule has 1 aromatic rings. The van der Waals surface area contributed by atoms with Crippen LogP contribution in [0.1, 0.15) is 44.3 Å². The Morgan fingerprint density at radius 3 is 2.60 bits per heavy atom. The van der Waals surface area contributed by atoms with Crippen molar-refractivity contribution in [2.75, 3.05) is 32.7 Å². The molecule has 2 fully saturated rings. The molecule has 3 heterocycles. The molecule has 0 radical (unpaired) electrons. The van der Waals surface area contributed by atoms with Gasteiger partial charge in [-0.25, -0.2) is 9.67 Å². The minimum absolute atomic E-state index is 0.174. The van der Waals surface area contributed by atoms with Gasteiger partial charge in [-0.1, -0.05) is 6.92 Å². The summed E-state index contributed by atoms with van der Waals surface area (Å²) in [5.74, 6) is 1.95. The fourth-order valence-electron chi connectivity index (χ4n) is 4.10. The first-order valence-corrected chi connectivity index (χ1v) is 9.69. The lowest BCUT2D eigenvalue weighted by Gasteiger charge is -2.32. The van der Waals surface area contributed by atoms with Crippen molar-refractivity contribution in [1.82, 2.24) is 29.9 Å². The minimum Gasteiger partial charge on any atom is -0.352 e. The highest BCUT2D eigenvalue weighted by molar-refractivity contribution is 5.78. The van der Waals surface area contributed by atoms with Crippen LogP contribution in [0.2, 0.25) is 0 Å². The van der Waals surface area contributed by atoms with Crippen LogP contribution in [0.4, 0.5) is 0 Å². The molecule has 1 atom stereocenters. The van der Waals surface area contributed by atoms with Crippen molar-refractivity contribution in [3.63, 3.8) is 0 Å². The molecule has 7 nitrogen and oxygen atoms in total. The van der Waals surface area contributed by atoms with Gasteiger partial charge >= 0.3 is 0 Å². The summed E-state index contributed by atoms with van der Waals surface area (Å²) >= 11 is 0. The highest BCUT2D eigenvalue weighted by atomic mass is 16.2. The zero-order valence-electron chi connectivity index (χ0n) is 15.9. The number of nitrogens with one attached hydrogen (secondary N) is 1. The third kappa shape index (κ3) is 4.79.